The molecule has 1 aromatic carbocycles. The van der Waals surface area contributed by atoms with Crippen molar-refractivity contribution < 1.29 is 0 Å². The predicted molar refractivity (Wildman–Crippen MR) is 77.1 cm³/mol. The van der Waals surface area contributed by atoms with E-state index in [1.54, 1.807) is 6.07 Å². The number of anilines is 2. The molecule has 0 unspecified atom stereocenters. The van der Waals surface area contributed by atoms with E-state index >= 15 is 0 Å². The van der Waals surface area contributed by atoms with E-state index in [0.29, 0.717) is 11.3 Å². The maximum atomic E-state index is 9.02. The Labute approximate surface area is 117 Å². The molecule has 1 aliphatic heterocycles. The number of nitrogens with zero attached hydrogens (tertiary/aromatic N) is 4. The Hall–Kier alpha value is -2.61. The molecular weight excluding hydrogens is 250 g/mol. The minimum absolute atomic E-state index is 0.562. The van der Waals surface area contributed by atoms with Gasteiger partial charge in [0.1, 0.15) is 6.07 Å². The number of rotatable bonds is 1. The summed E-state index contributed by atoms with van der Waals surface area (Å²) in [6, 6.07) is 9.86. The van der Waals surface area contributed by atoms with Crippen molar-refractivity contribution in [2.75, 3.05) is 17.2 Å². The van der Waals surface area contributed by atoms with Crippen LogP contribution in [0, 0.1) is 18.3 Å². The lowest BCUT2D eigenvalue weighted by atomic mass is 9.95. The largest absolute Gasteiger partial charge is 0.397 e. The summed E-state index contributed by atoms with van der Waals surface area (Å²) in [7, 11) is 0. The van der Waals surface area contributed by atoms with E-state index in [4.69, 9.17) is 11.0 Å². The molecule has 3 rings (SSSR count). The molecule has 0 saturated carbocycles. The number of aryl methyl sites for hydroxylation is 1. The van der Waals surface area contributed by atoms with E-state index in [2.05, 4.69) is 21.2 Å². The average Bonchev–Trinajstić information content (AvgIpc) is 2.48. The summed E-state index contributed by atoms with van der Waals surface area (Å²) in [4.78, 5) is 2.18. The molecule has 1 aromatic heterocycles. The molecule has 20 heavy (non-hydrogen) atoms. The summed E-state index contributed by atoms with van der Waals surface area (Å²) in [5, 5.41) is 17.3. The highest BCUT2D eigenvalue weighted by molar-refractivity contribution is 5.63. The highest BCUT2D eigenvalue weighted by Crippen LogP contribution is 2.28. The molecule has 0 aliphatic carbocycles. The van der Waals surface area contributed by atoms with Gasteiger partial charge in [0, 0.05) is 13.1 Å². The van der Waals surface area contributed by atoms with Gasteiger partial charge in [-0.15, -0.1) is 5.10 Å². The summed E-state index contributed by atoms with van der Waals surface area (Å²) in [5.74, 6) is 0.879. The van der Waals surface area contributed by atoms with Crippen molar-refractivity contribution in [3.05, 3.63) is 46.6 Å². The Kier molecular flexibility index (Phi) is 2.99. The lowest BCUT2D eigenvalue weighted by Gasteiger charge is -2.30. The number of aromatic nitrogens is 2. The van der Waals surface area contributed by atoms with E-state index in [1.807, 2.05) is 25.1 Å². The van der Waals surface area contributed by atoms with E-state index < -0.39 is 0 Å². The van der Waals surface area contributed by atoms with Crippen molar-refractivity contribution in [3.8, 4) is 6.07 Å². The van der Waals surface area contributed by atoms with Crippen LogP contribution in [-0.4, -0.2) is 16.7 Å². The van der Waals surface area contributed by atoms with Crippen molar-refractivity contribution in [1.82, 2.24) is 10.2 Å². The van der Waals surface area contributed by atoms with Crippen LogP contribution in [0.1, 0.15) is 22.4 Å². The predicted octanol–water partition coefficient (Wildman–Crippen LogP) is 1.80. The second-order valence-corrected chi connectivity index (χ2v) is 4.98. The summed E-state index contributed by atoms with van der Waals surface area (Å²) < 4.78 is 0. The van der Waals surface area contributed by atoms with Gasteiger partial charge in [0.25, 0.3) is 0 Å². The molecule has 0 atom stereocenters. The zero-order valence-corrected chi connectivity index (χ0v) is 11.3. The van der Waals surface area contributed by atoms with Crippen LogP contribution in [0.25, 0.3) is 0 Å². The van der Waals surface area contributed by atoms with Crippen molar-refractivity contribution in [2.45, 2.75) is 19.9 Å². The molecule has 2 N–H and O–H groups in total. The van der Waals surface area contributed by atoms with Gasteiger partial charge in [0.15, 0.2) is 5.82 Å². The maximum absolute atomic E-state index is 9.02. The maximum Gasteiger partial charge on any atom is 0.151 e. The van der Waals surface area contributed by atoms with E-state index in [1.165, 1.54) is 0 Å². The van der Waals surface area contributed by atoms with Crippen LogP contribution in [0.5, 0.6) is 0 Å². The molecule has 0 bridgehead atoms. The SMILES string of the molecule is Cc1ccc(N2CCc3c(ccc(C#N)c3N)C2)nn1. The first-order chi connectivity index (χ1) is 9.69. The number of hydrogen-bond acceptors (Lipinski definition) is 5. The first-order valence-corrected chi connectivity index (χ1v) is 6.54. The van der Waals surface area contributed by atoms with Crippen LogP contribution in [0.4, 0.5) is 11.5 Å². The minimum Gasteiger partial charge on any atom is -0.397 e. The van der Waals surface area contributed by atoms with Gasteiger partial charge in [-0.05, 0) is 42.7 Å². The van der Waals surface area contributed by atoms with Crippen molar-refractivity contribution in [2.24, 2.45) is 0 Å². The van der Waals surface area contributed by atoms with Gasteiger partial charge in [-0.2, -0.15) is 10.4 Å². The van der Waals surface area contributed by atoms with Gasteiger partial charge in [-0.1, -0.05) is 6.07 Å². The van der Waals surface area contributed by atoms with Gasteiger partial charge in [0.05, 0.1) is 16.9 Å². The van der Waals surface area contributed by atoms with Gasteiger partial charge >= 0.3 is 0 Å². The Bertz CT molecular complexity index is 685. The second kappa shape index (κ2) is 4.82. The number of hydrogen-bond donors (Lipinski definition) is 1. The van der Waals surface area contributed by atoms with E-state index in [9.17, 15) is 0 Å². The highest BCUT2D eigenvalue weighted by atomic mass is 15.3. The number of benzene rings is 1. The fourth-order valence-corrected chi connectivity index (χ4v) is 2.54. The normalized spacial score (nSPS) is 13.7. The number of nitriles is 1. The number of nitrogen functional groups attached to an aromatic ring is 1. The molecule has 2 aromatic rings. The molecule has 0 spiro atoms. The molecule has 5 heteroatoms. The number of fused-ring (bicyclic) bond motifs is 1. The van der Waals surface area contributed by atoms with Gasteiger partial charge < -0.3 is 10.6 Å². The van der Waals surface area contributed by atoms with Crippen molar-refractivity contribution in [1.29, 1.82) is 5.26 Å². The van der Waals surface area contributed by atoms with Crippen LogP contribution in [0.15, 0.2) is 24.3 Å². The van der Waals surface area contributed by atoms with Crippen molar-refractivity contribution in [3.63, 3.8) is 0 Å². The van der Waals surface area contributed by atoms with Crippen molar-refractivity contribution >= 4 is 11.5 Å². The summed E-state index contributed by atoms with van der Waals surface area (Å²) in [5.41, 5.74) is 10.4. The topological polar surface area (TPSA) is 78.8 Å². The molecule has 1 aliphatic rings. The molecule has 100 valence electrons. The molecular formula is C15H15N5. The van der Waals surface area contributed by atoms with Gasteiger partial charge in [0.2, 0.25) is 0 Å². The third-order valence-electron chi connectivity index (χ3n) is 3.68. The Morgan fingerprint density at radius 3 is 2.80 bits per heavy atom. The van der Waals surface area contributed by atoms with Gasteiger partial charge in [-0.25, -0.2) is 0 Å². The zero-order valence-electron chi connectivity index (χ0n) is 11.3. The Morgan fingerprint density at radius 2 is 2.10 bits per heavy atom. The van der Waals surface area contributed by atoms with Crippen LogP contribution in [-0.2, 0) is 13.0 Å². The molecule has 0 radical (unpaired) electrons. The smallest absolute Gasteiger partial charge is 0.151 e. The quantitative estimate of drug-likeness (QED) is 0.795. The fourth-order valence-electron chi connectivity index (χ4n) is 2.54. The number of nitrogens with two attached hydrogens (primary N) is 1. The van der Waals surface area contributed by atoms with E-state index in [-0.39, 0.29) is 0 Å². The monoisotopic (exact) mass is 265 g/mol. The van der Waals surface area contributed by atoms with E-state index in [0.717, 1.165) is 42.1 Å². The zero-order chi connectivity index (χ0) is 14.1. The lowest BCUT2D eigenvalue weighted by molar-refractivity contribution is 0.712. The average molecular weight is 265 g/mol. The fraction of sp³-hybridized carbons (Fsp3) is 0.267. The lowest BCUT2D eigenvalue weighted by Crippen LogP contribution is -2.31. The third-order valence-corrected chi connectivity index (χ3v) is 3.68. The molecule has 0 fully saturated rings. The summed E-state index contributed by atoms with van der Waals surface area (Å²) in [6.45, 7) is 3.51. The standard InChI is InChI=1S/C15H15N5/c1-10-2-5-14(19-18-10)20-7-6-13-12(9-20)4-3-11(8-16)15(13)17/h2-5H,6-7,9,17H2,1H3. The molecule has 5 nitrogen and oxygen atoms in total. The van der Waals surface area contributed by atoms with Crippen LogP contribution >= 0.6 is 0 Å². The molecule has 0 saturated heterocycles. The highest BCUT2D eigenvalue weighted by Gasteiger charge is 2.20. The Morgan fingerprint density at radius 1 is 1.25 bits per heavy atom. The van der Waals surface area contributed by atoms with Gasteiger partial charge in [-0.3, -0.25) is 0 Å². The van der Waals surface area contributed by atoms with Crippen LogP contribution < -0.4 is 10.6 Å². The minimum atomic E-state index is 0.562. The molecule has 0 amide bonds. The first-order valence-electron chi connectivity index (χ1n) is 6.54. The summed E-state index contributed by atoms with van der Waals surface area (Å²) in [6.07, 6.45) is 0.826. The van der Waals surface area contributed by atoms with Crippen LogP contribution in [0.3, 0.4) is 0 Å². The first kappa shape index (κ1) is 12.4. The van der Waals surface area contributed by atoms with Crippen LogP contribution in [0.2, 0.25) is 0 Å². The third kappa shape index (κ3) is 2.05. The summed E-state index contributed by atoms with van der Waals surface area (Å²) >= 11 is 0. The Balaban J connectivity index is 1.91. The second-order valence-electron chi connectivity index (χ2n) is 4.98. The molecule has 2 heterocycles.